The van der Waals surface area contributed by atoms with Crippen molar-refractivity contribution >= 4 is 12.4 Å². The van der Waals surface area contributed by atoms with E-state index in [0.717, 1.165) is 6.61 Å². The van der Waals surface area contributed by atoms with Crippen LogP contribution in [0.25, 0.3) is 0 Å². The van der Waals surface area contributed by atoms with Crippen LogP contribution in [0.15, 0.2) is 18.2 Å². The standard InChI is InChI=1S/C16H23NO.ClH/c1-11-4-3-5-12(2)16(11)10-18-15-8-13-6-7-14(9-15)17-13;/h3-5,13-15,17H,6-10H2,1-2H3;1H/t13-,14+,15?;. The first kappa shape index (κ1) is 14.8. The molecule has 1 aromatic carbocycles. The van der Waals surface area contributed by atoms with E-state index < -0.39 is 0 Å². The van der Waals surface area contributed by atoms with Crippen molar-refractivity contribution in [1.82, 2.24) is 5.32 Å². The molecular weight excluding hydrogens is 258 g/mol. The maximum absolute atomic E-state index is 6.17. The number of aryl methyl sites for hydroxylation is 2. The van der Waals surface area contributed by atoms with Gasteiger partial charge in [0.2, 0.25) is 0 Å². The van der Waals surface area contributed by atoms with E-state index in [1.54, 1.807) is 0 Å². The first-order valence-electron chi connectivity index (χ1n) is 7.15. The van der Waals surface area contributed by atoms with Gasteiger partial charge < -0.3 is 10.1 Å². The van der Waals surface area contributed by atoms with Crippen LogP contribution in [0.2, 0.25) is 0 Å². The lowest BCUT2D eigenvalue weighted by Crippen LogP contribution is -2.41. The summed E-state index contributed by atoms with van der Waals surface area (Å²) in [6.07, 6.45) is 5.53. The fraction of sp³-hybridized carbons (Fsp3) is 0.625. The number of fused-ring (bicyclic) bond motifs is 2. The average Bonchev–Trinajstić information content (AvgIpc) is 2.68. The quantitative estimate of drug-likeness (QED) is 0.915. The first-order chi connectivity index (χ1) is 8.72. The van der Waals surface area contributed by atoms with E-state index in [-0.39, 0.29) is 12.4 Å². The van der Waals surface area contributed by atoms with E-state index in [4.69, 9.17) is 4.74 Å². The van der Waals surface area contributed by atoms with Crippen LogP contribution in [0.4, 0.5) is 0 Å². The van der Waals surface area contributed by atoms with Gasteiger partial charge in [-0.2, -0.15) is 0 Å². The summed E-state index contributed by atoms with van der Waals surface area (Å²) in [6.45, 7) is 5.14. The molecule has 0 amide bonds. The molecule has 2 fully saturated rings. The molecule has 2 nitrogen and oxygen atoms in total. The van der Waals surface area contributed by atoms with Crippen molar-refractivity contribution in [2.75, 3.05) is 0 Å². The summed E-state index contributed by atoms with van der Waals surface area (Å²) in [7, 11) is 0. The molecular formula is C16H24ClNO. The molecule has 3 rings (SSSR count). The fourth-order valence-electron chi connectivity index (χ4n) is 3.42. The van der Waals surface area contributed by atoms with Gasteiger partial charge in [0.25, 0.3) is 0 Å². The Labute approximate surface area is 122 Å². The van der Waals surface area contributed by atoms with Crippen LogP contribution in [0.5, 0.6) is 0 Å². The van der Waals surface area contributed by atoms with Crippen LogP contribution in [0.3, 0.4) is 0 Å². The summed E-state index contributed by atoms with van der Waals surface area (Å²) in [5.74, 6) is 0. The lowest BCUT2D eigenvalue weighted by atomic mass is 10.0. The Hall–Kier alpha value is -0.570. The lowest BCUT2D eigenvalue weighted by Gasteiger charge is -2.29. The number of nitrogens with one attached hydrogen (secondary N) is 1. The zero-order valence-corrected chi connectivity index (χ0v) is 12.6. The van der Waals surface area contributed by atoms with Crippen molar-refractivity contribution < 1.29 is 4.74 Å². The van der Waals surface area contributed by atoms with Gasteiger partial charge in [-0.05, 0) is 56.2 Å². The molecule has 2 saturated heterocycles. The third-order valence-corrected chi connectivity index (χ3v) is 4.54. The molecule has 0 spiro atoms. The molecule has 0 aliphatic carbocycles. The van der Waals surface area contributed by atoms with Crippen molar-refractivity contribution in [1.29, 1.82) is 0 Å². The minimum absolute atomic E-state index is 0. The molecule has 2 aliphatic rings. The molecule has 3 atom stereocenters. The second-order valence-corrected chi connectivity index (χ2v) is 5.91. The molecule has 2 bridgehead atoms. The summed E-state index contributed by atoms with van der Waals surface area (Å²) in [5, 5.41) is 3.66. The van der Waals surface area contributed by atoms with Gasteiger partial charge in [-0.3, -0.25) is 0 Å². The SMILES string of the molecule is Cc1cccc(C)c1COC1C[C@H]2CC[C@@H](C1)N2.Cl. The first-order valence-corrected chi connectivity index (χ1v) is 7.15. The smallest absolute Gasteiger partial charge is 0.0725 e. The number of rotatable bonds is 3. The van der Waals surface area contributed by atoms with Crippen LogP contribution < -0.4 is 5.32 Å². The van der Waals surface area contributed by atoms with Gasteiger partial charge in [-0.15, -0.1) is 12.4 Å². The van der Waals surface area contributed by atoms with Crippen LogP contribution in [0, 0.1) is 13.8 Å². The second-order valence-electron chi connectivity index (χ2n) is 5.91. The Morgan fingerprint density at radius 2 is 1.68 bits per heavy atom. The molecule has 106 valence electrons. The summed E-state index contributed by atoms with van der Waals surface area (Å²) in [5.41, 5.74) is 4.09. The zero-order chi connectivity index (χ0) is 12.5. The average molecular weight is 282 g/mol. The van der Waals surface area contributed by atoms with Crippen molar-refractivity contribution in [2.45, 2.75) is 64.3 Å². The zero-order valence-electron chi connectivity index (χ0n) is 11.8. The van der Waals surface area contributed by atoms with E-state index in [2.05, 4.69) is 37.4 Å². The van der Waals surface area contributed by atoms with Crippen LogP contribution in [0.1, 0.15) is 42.4 Å². The Morgan fingerprint density at radius 1 is 1.11 bits per heavy atom. The van der Waals surface area contributed by atoms with E-state index in [0.29, 0.717) is 18.2 Å². The van der Waals surface area contributed by atoms with E-state index >= 15 is 0 Å². The molecule has 3 heteroatoms. The fourth-order valence-corrected chi connectivity index (χ4v) is 3.42. The summed E-state index contributed by atoms with van der Waals surface area (Å²) >= 11 is 0. The molecule has 2 aliphatic heterocycles. The molecule has 2 heterocycles. The second kappa shape index (κ2) is 6.25. The summed E-state index contributed by atoms with van der Waals surface area (Å²) in [6, 6.07) is 7.91. The number of benzene rings is 1. The van der Waals surface area contributed by atoms with E-state index in [1.807, 2.05) is 0 Å². The molecule has 0 radical (unpaired) electrons. The molecule has 1 aromatic rings. The Morgan fingerprint density at radius 3 is 2.26 bits per heavy atom. The third-order valence-electron chi connectivity index (χ3n) is 4.54. The highest BCUT2D eigenvalue weighted by Gasteiger charge is 2.33. The van der Waals surface area contributed by atoms with Gasteiger partial charge in [0.05, 0.1) is 12.7 Å². The van der Waals surface area contributed by atoms with Crippen molar-refractivity contribution in [3.63, 3.8) is 0 Å². The number of halogens is 1. The normalized spacial score (nSPS) is 29.1. The molecule has 0 saturated carbocycles. The van der Waals surface area contributed by atoms with Gasteiger partial charge in [0.1, 0.15) is 0 Å². The van der Waals surface area contributed by atoms with Crippen LogP contribution in [-0.4, -0.2) is 18.2 Å². The Kier molecular flexibility index (Phi) is 4.88. The summed E-state index contributed by atoms with van der Waals surface area (Å²) < 4.78 is 6.17. The third kappa shape index (κ3) is 3.31. The van der Waals surface area contributed by atoms with Gasteiger partial charge in [-0.1, -0.05) is 18.2 Å². The largest absolute Gasteiger partial charge is 0.373 e. The van der Waals surface area contributed by atoms with Crippen LogP contribution >= 0.6 is 12.4 Å². The van der Waals surface area contributed by atoms with Crippen molar-refractivity contribution in [3.8, 4) is 0 Å². The topological polar surface area (TPSA) is 21.3 Å². The highest BCUT2D eigenvalue weighted by Crippen LogP contribution is 2.29. The van der Waals surface area contributed by atoms with Gasteiger partial charge in [0, 0.05) is 12.1 Å². The van der Waals surface area contributed by atoms with E-state index in [9.17, 15) is 0 Å². The predicted octanol–water partition coefficient (Wildman–Crippen LogP) is 3.52. The Bertz CT molecular complexity index is 403. The molecule has 0 aromatic heterocycles. The maximum atomic E-state index is 6.17. The number of hydrogen-bond donors (Lipinski definition) is 1. The molecule has 1 N–H and O–H groups in total. The number of piperidine rings is 1. The summed E-state index contributed by atoms with van der Waals surface area (Å²) in [4.78, 5) is 0. The van der Waals surface area contributed by atoms with Crippen molar-refractivity contribution in [2.24, 2.45) is 0 Å². The molecule has 1 unspecified atom stereocenters. The van der Waals surface area contributed by atoms with E-state index in [1.165, 1.54) is 42.4 Å². The van der Waals surface area contributed by atoms with Gasteiger partial charge >= 0.3 is 0 Å². The maximum Gasteiger partial charge on any atom is 0.0725 e. The van der Waals surface area contributed by atoms with Gasteiger partial charge in [0.15, 0.2) is 0 Å². The number of ether oxygens (including phenoxy) is 1. The monoisotopic (exact) mass is 281 g/mol. The predicted molar refractivity (Wildman–Crippen MR) is 80.9 cm³/mol. The lowest BCUT2D eigenvalue weighted by molar-refractivity contribution is 0.00876. The minimum Gasteiger partial charge on any atom is -0.373 e. The highest BCUT2D eigenvalue weighted by molar-refractivity contribution is 5.85. The number of hydrogen-bond acceptors (Lipinski definition) is 2. The van der Waals surface area contributed by atoms with Crippen molar-refractivity contribution in [3.05, 3.63) is 34.9 Å². The van der Waals surface area contributed by atoms with Gasteiger partial charge in [-0.25, -0.2) is 0 Å². The molecule has 19 heavy (non-hydrogen) atoms. The van der Waals surface area contributed by atoms with Crippen LogP contribution in [-0.2, 0) is 11.3 Å². The highest BCUT2D eigenvalue weighted by atomic mass is 35.5. The Balaban J connectivity index is 0.00000133. The minimum atomic E-state index is 0.